The van der Waals surface area contributed by atoms with Crippen molar-refractivity contribution < 1.29 is 27.4 Å². The third kappa shape index (κ3) is 5.46. The lowest BCUT2D eigenvalue weighted by atomic mass is 9.98. The molecular weight excluding hydrogens is 399 g/mol. The lowest BCUT2D eigenvalue weighted by molar-refractivity contribution is -0.137. The van der Waals surface area contributed by atoms with Gasteiger partial charge in [-0.05, 0) is 35.4 Å². The van der Waals surface area contributed by atoms with Crippen LogP contribution in [-0.4, -0.2) is 18.4 Å². The molecule has 0 bridgehead atoms. The van der Waals surface area contributed by atoms with E-state index < -0.39 is 23.9 Å². The van der Waals surface area contributed by atoms with Crippen LogP contribution < -0.4 is 5.73 Å². The Labute approximate surface area is 163 Å². The molecular formula is C18H15ClF3N3O3. The zero-order valence-corrected chi connectivity index (χ0v) is 15.0. The van der Waals surface area contributed by atoms with Crippen LogP contribution in [0.2, 0.25) is 5.02 Å². The smallest absolute Gasteiger partial charge is 0.416 e. The topological polar surface area (TPSA) is 109 Å². The molecule has 0 aliphatic rings. The first-order valence-electron chi connectivity index (χ1n) is 7.78. The lowest BCUT2D eigenvalue weighted by Crippen LogP contribution is -2.20. The summed E-state index contributed by atoms with van der Waals surface area (Å²) in [5.74, 6) is -0.364. The fourth-order valence-corrected chi connectivity index (χ4v) is 2.70. The van der Waals surface area contributed by atoms with E-state index in [1.165, 1.54) is 24.3 Å². The Balaban J connectivity index is 2.40. The number of benzene rings is 2. The number of carbonyl (C=O) groups is 1. The molecule has 0 aromatic heterocycles. The number of halogens is 4. The first kappa shape index (κ1) is 21.2. The lowest BCUT2D eigenvalue weighted by Gasteiger charge is -2.19. The van der Waals surface area contributed by atoms with Gasteiger partial charge in [0.05, 0.1) is 12.0 Å². The van der Waals surface area contributed by atoms with Gasteiger partial charge in [-0.15, -0.1) is 0 Å². The summed E-state index contributed by atoms with van der Waals surface area (Å²) < 4.78 is 47.8. The highest BCUT2D eigenvalue weighted by atomic mass is 35.5. The van der Waals surface area contributed by atoms with E-state index in [9.17, 15) is 18.0 Å². The van der Waals surface area contributed by atoms with Gasteiger partial charge in [0.15, 0.2) is 12.3 Å². The standard InChI is InChI=1S/C18H15ClF3N3O3/c19-14-6-3-11(10-1-4-12(5-2-10)18(20,21)22)7-13(14)15(28-17(25)26)8-16(24)27-9-23/h1-7,9,15,23-24H,8H2,(H2,25,26). The van der Waals surface area contributed by atoms with Gasteiger partial charge in [0.1, 0.15) is 6.10 Å². The van der Waals surface area contributed by atoms with Crippen LogP contribution in [0.4, 0.5) is 18.0 Å². The van der Waals surface area contributed by atoms with Gasteiger partial charge < -0.3 is 15.2 Å². The van der Waals surface area contributed by atoms with Crippen molar-refractivity contribution in [1.29, 1.82) is 10.8 Å². The number of nitrogens with one attached hydrogen (secondary N) is 2. The molecule has 2 rings (SSSR count). The molecule has 28 heavy (non-hydrogen) atoms. The molecule has 0 fully saturated rings. The van der Waals surface area contributed by atoms with Crippen LogP contribution in [0.25, 0.3) is 11.1 Å². The van der Waals surface area contributed by atoms with Crippen LogP contribution in [0.1, 0.15) is 23.7 Å². The van der Waals surface area contributed by atoms with Crippen molar-refractivity contribution >= 4 is 30.0 Å². The van der Waals surface area contributed by atoms with E-state index in [2.05, 4.69) is 4.74 Å². The predicted molar refractivity (Wildman–Crippen MR) is 97.5 cm³/mol. The molecule has 0 aliphatic heterocycles. The Morgan fingerprint density at radius 3 is 2.32 bits per heavy atom. The maximum atomic E-state index is 12.7. The highest BCUT2D eigenvalue weighted by Gasteiger charge is 2.30. The maximum Gasteiger partial charge on any atom is 0.416 e. The Kier molecular flexibility index (Phi) is 6.63. The van der Waals surface area contributed by atoms with Crippen molar-refractivity contribution in [2.75, 3.05) is 0 Å². The summed E-state index contributed by atoms with van der Waals surface area (Å²) in [6.45, 7) is 0. The molecule has 0 saturated carbocycles. The first-order chi connectivity index (χ1) is 13.1. The van der Waals surface area contributed by atoms with Crippen LogP contribution in [0.3, 0.4) is 0 Å². The Hall–Kier alpha value is -3.07. The number of hydrogen-bond donors (Lipinski definition) is 3. The van der Waals surface area contributed by atoms with Gasteiger partial charge in [0.2, 0.25) is 0 Å². The van der Waals surface area contributed by atoms with E-state index in [1.807, 2.05) is 0 Å². The fourth-order valence-electron chi connectivity index (χ4n) is 2.46. The van der Waals surface area contributed by atoms with E-state index in [0.29, 0.717) is 17.5 Å². The summed E-state index contributed by atoms with van der Waals surface area (Å²) in [5.41, 5.74) is 5.58. The van der Waals surface area contributed by atoms with Gasteiger partial charge in [0, 0.05) is 10.6 Å². The molecule has 0 aliphatic carbocycles. The molecule has 0 spiro atoms. The summed E-state index contributed by atoms with van der Waals surface area (Å²) in [7, 11) is 0. The Bertz CT molecular complexity index is 886. The van der Waals surface area contributed by atoms with E-state index in [4.69, 9.17) is 32.9 Å². The normalized spacial score (nSPS) is 12.1. The molecule has 1 unspecified atom stereocenters. The van der Waals surface area contributed by atoms with E-state index in [-0.39, 0.29) is 22.9 Å². The number of alkyl halides is 3. The quantitative estimate of drug-likeness (QED) is 0.449. The molecule has 0 saturated heterocycles. The second-order valence-electron chi connectivity index (χ2n) is 5.60. The van der Waals surface area contributed by atoms with E-state index >= 15 is 0 Å². The largest absolute Gasteiger partial charge is 0.441 e. The number of ether oxygens (including phenoxy) is 2. The van der Waals surface area contributed by atoms with Crippen molar-refractivity contribution in [3.8, 4) is 11.1 Å². The highest BCUT2D eigenvalue weighted by molar-refractivity contribution is 6.31. The van der Waals surface area contributed by atoms with Crippen molar-refractivity contribution in [2.45, 2.75) is 18.7 Å². The van der Waals surface area contributed by atoms with Gasteiger partial charge in [-0.25, -0.2) is 4.79 Å². The molecule has 2 aromatic rings. The summed E-state index contributed by atoms with van der Waals surface area (Å²) in [6, 6.07) is 9.12. The number of rotatable bonds is 6. The highest BCUT2D eigenvalue weighted by Crippen LogP contribution is 2.34. The van der Waals surface area contributed by atoms with Crippen LogP contribution >= 0.6 is 11.6 Å². The fraction of sp³-hybridized carbons (Fsp3) is 0.167. The van der Waals surface area contributed by atoms with Crippen molar-refractivity contribution in [3.05, 3.63) is 58.6 Å². The third-order valence-corrected chi connectivity index (χ3v) is 4.06. The summed E-state index contributed by atoms with van der Waals surface area (Å²) in [5, 5.41) is 14.7. The SMILES string of the molecule is N=COC(=N)CC(OC(N)=O)c1cc(-c2ccc(C(F)(F)F)cc2)ccc1Cl. The number of carbonyl (C=O) groups excluding carboxylic acids is 1. The van der Waals surface area contributed by atoms with Crippen LogP contribution in [0, 0.1) is 10.8 Å². The zero-order chi connectivity index (χ0) is 20.9. The first-order valence-corrected chi connectivity index (χ1v) is 8.15. The second kappa shape index (κ2) is 8.75. The van der Waals surface area contributed by atoms with Crippen LogP contribution in [0.15, 0.2) is 42.5 Å². The van der Waals surface area contributed by atoms with Crippen molar-refractivity contribution in [2.24, 2.45) is 5.73 Å². The molecule has 6 nitrogen and oxygen atoms in total. The number of hydrogen-bond acceptors (Lipinski definition) is 5. The van der Waals surface area contributed by atoms with Crippen molar-refractivity contribution in [3.63, 3.8) is 0 Å². The minimum atomic E-state index is -4.45. The van der Waals surface area contributed by atoms with E-state index in [0.717, 1.165) is 12.1 Å². The number of nitrogens with two attached hydrogens (primary N) is 1. The number of primary amides is 1. The molecule has 2 aromatic carbocycles. The van der Waals surface area contributed by atoms with Gasteiger partial charge in [0.25, 0.3) is 0 Å². The molecule has 10 heteroatoms. The average Bonchev–Trinajstić information content (AvgIpc) is 2.61. The maximum absolute atomic E-state index is 12.7. The molecule has 4 N–H and O–H groups in total. The molecule has 1 amide bonds. The van der Waals surface area contributed by atoms with Gasteiger partial charge in [-0.2, -0.15) is 13.2 Å². The minimum absolute atomic E-state index is 0.199. The molecule has 1 atom stereocenters. The van der Waals surface area contributed by atoms with Gasteiger partial charge >= 0.3 is 12.3 Å². The average molecular weight is 414 g/mol. The van der Waals surface area contributed by atoms with Gasteiger partial charge in [-0.3, -0.25) is 10.8 Å². The Morgan fingerprint density at radius 1 is 1.18 bits per heavy atom. The van der Waals surface area contributed by atoms with Gasteiger partial charge in [-0.1, -0.05) is 29.8 Å². The zero-order valence-electron chi connectivity index (χ0n) is 14.2. The number of amides is 1. The predicted octanol–water partition coefficient (Wildman–Crippen LogP) is 5.15. The molecule has 0 heterocycles. The van der Waals surface area contributed by atoms with E-state index in [1.54, 1.807) is 6.07 Å². The van der Waals surface area contributed by atoms with Crippen LogP contribution in [0.5, 0.6) is 0 Å². The third-order valence-electron chi connectivity index (χ3n) is 3.72. The minimum Gasteiger partial charge on any atom is -0.441 e. The summed E-state index contributed by atoms with van der Waals surface area (Å²) in [6.07, 6.45) is -6.33. The summed E-state index contributed by atoms with van der Waals surface area (Å²) in [4.78, 5) is 11.2. The Morgan fingerprint density at radius 2 is 1.79 bits per heavy atom. The summed E-state index contributed by atoms with van der Waals surface area (Å²) >= 11 is 6.17. The second-order valence-corrected chi connectivity index (χ2v) is 6.01. The van der Waals surface area contributed by atoms with Crippen molar-refractivity contribution in [1.82, 2.24) is 0 Å². The molecule has 148 valence electrons. The van der Waals surface area contributed by atoms with Crippen LogP contribution in [-0.2, 0) is 15.7 Å². The molecule has 0 radical (unpaired) electrons. The monoisotopic (exact) mass is 413 g/mol.